The van der Waals surface area contributed by atoms with Gasteiger partial charge in [-0.25, -0.2) is 0 Å². The molecular formula is C2H3S3. The van der Waals surface area contributed by atoms with Crippen LogP contribution in [-0.4, -0.2) is 9.78 Å². The van der Waals surface area contributed by atoms with Crippen molar-refractivity contribution < 1.29 is 0 Å². The van der Waals surface area contributed by atoms with Crippen molar-refractivity contribution in [1.82, 2.24) is 0 Å². The summed E-state index contributed by atoms with van der Waals surface area (Å²) in [5, 5.41) is 0. The summed E-state index contributed by atoms with van der Waals surface area (Å²) < 4.78 is 0.588. The first-order chi connectivity index (χ1) is 2.27. The van der Waals surface area contributed by atoms with Crippen molar-refractivity contribution >= 4 is 40.1 Å². The van der Waals surface area contributed by atoms with Crippen molar-refractivity contribution in [3.63, 3.8) is 0 Å². The highest BCUT2D eigenvalue weighted by atomic mass is 32.2. The van der Waals surface area contributed by atoms with Gasteiger partial charge in [0.25, 0.3) is 0 Å². The number of hydrogen-bond donors (Lipinski definition) is 0. The minimum absolute atomic E-state index is 0.588. The third-order valence-corrected chi connectivity index (χ3v) is 1.50. The largest absolute Gasteiger partial charge is 0.133 e. The molecule has 0 saturated heterocycles. The molecule has 0 rings (SSSR count). The van der Waals surface area contributed by atoms with Gasteiger partial charge in [-0.2, -0.15) is 0 Å². The molecule has 0 saturated carbocycles. The molecule has 0 nitrogen and oxygen atoms in total. The molecule has 0 aromatic heterocycles. The molecule has 0 unspecified atom stereocenters. The van der Waals surface area contributed by atoms with Gasteiger partial charge in [0.1, 0.15) is 3.53 Å². The van der Waals surface area contributed by atoms with Crippen LogP contribution in [0.2, 0.25) is 0 Å². The van der Waals surface area contributed by atoms with E-state index in [4.69, 9.17) is 0 Å². The van der Waals surface area contributed by atoms with E-state index >= 15 is 0 Å². The van der Waals surface area contributed by atoms with Crippen molar-refractivity contribution in [3.05, 3.63) is 0 Å². The third-order valence-electron chi connectivity index (χ3n) is 0.167. The minimum atomic E-state index is 0.588. The van der Waals surface area contributed by atoms with Crippen LogP contribution in [0.1, 0.15) is 0 Å². The van der Waals surface area contributed by atoms with Crippen LogP contribution < -0.4 is 0 Å². The summed E-state index contributed by atoms with van der Waals surface area (Å²) in [5.41, 5.74) is 0. The van der Waals surface area contributed by atoms with E-state index in [0.717, 1.165) is 0 Å². The van der Waals surface area contributed by atoms with Gasteiger partial charge in [-0.15, -0.1) is 11.8 Å². The molecule has 0 bridgehead atoms. The summed E-state index contributed by atoms with van der Waals surface area (Å²) in [6, 6.07) is 0. The fraction of sp³-hybridized carbons (Fsp3) is 0.500. The molecule has 0 spiro atoms. The van der Waals surface area contributed by atoms with Gasteiger partial charge < -0.3 is 0 Å². The standard InChI is InChI=1S/C2H3S3/c1-5-2(3)4/h1H3. The Balaban J connectivity index is 2.85. The van der Waals surface area contributed by atoms with Crippen molar-refractivity contribution in [1.29, 1.82) is 0 Å². The van der Waals surface area contributed by atoms with E-state index in [1.165, 1.54) is 11.8 Å². The maximum absolute atomic E-state index is 4.47. The predicted octanol–water partition coefficient (Wildman–Crippen LogP) is 1.83. The Labute approximate surface area is 46.7 Å². The molecule has 29 valence electrons. The molecule has 0 heterocycles. The zero-order valence-electron chi connectivity index (χ0n) is 2.72. The van der Waals surface area contributed by atoms with Crippen LogP contribution in [0, 0.1) is 0 Å². The van der Waals surface area contributed by atoms with Crippen LogP contribution in [0.4, 0.5) is 0 Å². The lowest BCUT2D eigenvalue weighted by Crippen LogP contribution is -1.60. The number of hydrogen-bond acceptors (Lipinski definition) is 2. The Kier molecular flexibility index (Phi) is 3.25. The molecule has 0 atom stereocenters. The lowest BCUT2D eigenvalue weighted by Gasteiger charge is -1.73. The van der Waals surface area contributed by atoms with E-state index in [1.54, 1.807) is 0 Å². The van der Waals surface area contributed by atoms with E-state index in [2.05, 4.69) is 24.8 Å². The second kappa shape index (κ2) is 2.87. The number of thioether (sulfide) groups is 1. The van der Waals surface area contributed by atoms with Crippen LogP contribution in [0.5, 0.6) is 0 Å². The van der Waals surface area contributed by atoms with Gasteiger partial charge in [-0.3, -0.25) is 0 Å². The average molecular weight is 123 g/mol. The molecular weight excluding hydrogens is 120 g/mol. The first-order valence-electron chi connectivity index (χ1n) is 1.02. The lowest BCUT2D eigenvalue weighted by atomic mass is 11.9. The molecule has 0 fully saturated rings. The molecule has 1 radical (unpaired) electrons. The number of rotatable bonds is 0. The van der Waals surface area contributed by atoms with E-state index in [9.17, 15) is 0 Å². The minimum Gasteiger partial charge on any atom is -0.107 e. The first kappa shape index (κ1) is 5.66. The molecule has 5 heavy (non-hydrogen) atoms. The smallest absolute Gasteiger partial charge is 0.107 e. The molecule has 0 aromatic rings. The summed E-state index contributed by atoms with van der Waals surface area (Å²) >= 11 is 10.4. The van der Waals surface area contributed by atoms with Crippen molar-refractivity contribution in [2.24, 2.45) is 0 Å². The van der Waals surface area contributed by atoms with Crippen LogP contribution in [0.25, 0.3) is 0 Å². The third kappa shape index (κ3) is 4.66. The summed E-state index contributed by atoms with van der Waals surface area (Å²) in [5.74, 6) is 0. The van der Waals surface area contributed by atoms with Gasteiger partial charge in [-0.05, 0) is 6.26 Å². The number of thiocarbonyl (C=S) groups is 1. The summed E-state index contributed by atoms with van der Waals surface area (Å²) in [6.45, 7) is 0. The highest BCUT2D eigenvalue weighted by Gasteiger charge is 1.75. The van der Waals surface area contributed by atoms with Crippen molar-refractivity contribution in [3.8, 4) is 0 Å². The Hall–Kier alpha value is 0.660. The molecule has 0 aromatic carbocycles. The Morgan fingerprint density at radius 3 is 2.00 bits per heavy atom. The molecule has 3 heteroatoms. The molecule has 0 aliphatic rings. The molecule has 0 aliphatic heterocycles. The summed E-state index contributed by atoms with van der Waals surface area (Å²) in [6.07, 6.45) is 1.87. The normalized spacial score (nSPS) is 7.40. The fourth-order valence-electron chi connectivity index (χ4n) is 0. The van der Waals surface area contributed by atoms with E-state index in [-0.39, 0.29) is 0 Å². The quantitative estimate of drug-likeness (QED) is 0.451. The zero-order chi connectivity index (χ0) is 4.28. The highest BCUT2D eigenvalue weighted by molar-refractivity contribution is 8.41. The van der Waals surface area contributed by atoms with E-state index in [1.807, 2.05) is 6.26 Å². The topological polar surface area (TPSA) is 0 Å². The second-order valence-electron chi connectivity index (χ2n) is 0.454. The maximum atomic E-state index is 4.47. The highest BCUT2D eigenvalue weighted by Crippen LogP contribution is 1.99. The van der Waals surface area contributed by atoms with Gasteiger partial charge in [-0.1, -0.05) is 24.8 Å². The Morgan fingerprint density at radius 1 is 1.80 bits per heavy atom. The van der Waals surface area contributed by atoms with Gasteiger partial charge >= 0.3 is 0 Å². The second-order valence-corrected chi connectivity index (χ2v) is 2.86. The molecule has 0 N–H and O–H groups in total. The van der Waals surface area contributed by atoms with Gasteiger partial charge in [0.15, 0.2) is 0 Å². The van der Waals surface area contributed by atoms with E-state index < -0.39 is 0 Å². The monoisotopic (exact) mass is 123 g/mol. The van der Waals surface area contributed by atoms with Gasteiger partial charge in [0, 0.05) is 0 Å². The molecule has 0 aliphatic carbocycles. The summed E-state index contributed by atoms with van der Waals surface area (Å²) in [4.78, 5) is 0. The Bertz CT molecular complexity index is 40.2. The fourth-order valence-corrected chi connectivity index (χ4v) is 0. The van der Waals surface area contributed by atoms with Crippen molar-refractivity contribution in [2.45, 2.75) is 0 Å². The molecule has 0 amide bonds. The van der Waals surface area contributed by atoms with Crippen molar-refractivity contribution in [2.75, 3.05) is 6.26 Å². The lowest BCUT2D eigenvalue weighted by molar-refractivity contribution is 2.54. The predicted molar refractivity (Wildman–Crippen MR) is 33.7 cm³/mol. The zero-order valence-corrected chi connectivity index (χ0v) is 5.17. The average Bonchev–Trinajstić information content (AvgIpc) is 1.38. The van der Waals surface area contributed by atoms with Gasteiger partial charge in [0.05, 0.1) is 0 Å². The van der Waals surface area contributed by atoms with Crippen LogP contribution in [-0.2, 0) is 0 Å². The van der Waals surface area contributed by atoms with Crippen LogP contribution in [0.3, 0.4) is 0 Å². The van der Waals surface area contributed by atoms with Crippen LogP contribution >= 0.6 is 36.6 Å². The Morgan fingerprint density at radius 2 is 2.00 bits per heavy atom. The van der Waals surface area contributed by atoms with Gasteiger partial charge in [0.2, 0.25) is 0 Å². The summed E-state index contributed by atoms with van der Waals surface area (Å²) in [7, 11) is 0. The van der Waals surface area contributed by atoms with E-state index in [0.29, 0.717) is 3.53 Å². The first-order valence-corrected chi connectivity index (χ1v) is 3.06. The maximum Gasteiger partial charge on any atom is 0.133 e. The SMILES string of the molecule is CSC([S])=S. The van der Waals surface area contributed by atoms with Crippen LogP contribution in [0.15, 0.2) is 0 Å².